The van der Waals surface area contributed by atoms with E-state index in [1.807, 2.05) is 0 Å². The lowest BCUT2D eigenvalue weighted by Gasteiger charge is -2.36. The number of aliphatic hydroxyl groups excluding tert-OH is 1. The average Bonchev–Trinajstić information content (AvgIpc) is 2.49. The second-order valence-corrected chi connectivity index (χ2v) is 19.9. The minimum Gasteiger partial charge on any atom is -0.417 e. The molecule has 0 aromatic carbocycles. The molecule has 1 N–H and O–H groups in total. The quantitative estimate of drug-likeness (QED) is 0.341. The molecule has 0 spiro atoms. The van der Waals surface area contributed by atoms with Crippen LogP contribution in [0.3, 0.4) is 0 Å². The maximum atomic E-state index is 9.50. The van der Waals surface area contributed by atoms with Crippen molar-refractivity contribution in [1.29, 1.82) is 0 Å². The van der Waals surface area contributed by atoms with Gasteiger partial charge in [0, 0.05) is 6.61 Å². The molecule has 0 fully saturated rings. The number of hydrogen-bond acceptors (Lipinski definition) is 5. The highest BCUT2D eigenvalue weighted by atomic mass is 28.4. The molecule has 7 heteroatoms. The van der Waals surface area contributed by atoms with Crippen LogP contribution in [0.25, 0.3) is 0 Å². The molecule has 5 nitrogen and oxygen atoms in total. The van der Waals surface area contributed by atoms with E-state index >= 15 is 0 Å². The smallest absolute Gasteiger partial charge is 0.192 e. The van der Waals surface area contributed by atoms with Gasteiger partial charge in [-0.1, -0.05) is 41.5 Å². The Labute approximate surface area is 170 Å². The molecule has 0 saturated heterocycles. The van der Waals surface area contributed by atoms with Gasteiger partial charge < -0.3 is 23.4 Å². The van der Waals surface area contributed by atoms with Crippen molar-refractivity contribution in [2.45, 2.75) is 90.3 Å². The van der Waals surface area contributed by atoms with Gasteiger partial charge in [-0.25, -0.2) is 0 Å². The van der Waals surface area contributed by atoms with E-state index in [0.717, 1.165) is 0 Å². The molecule has 0 radical (unpaired) electrons. The highest BCUT2D eigenvalue weighted by molar-refractivity contribution is 6.74. The summed E-state index contributed by atoms with van der Waals surface area (Å²) in [7, 11) is -3.44. The first-order valence-electron chi connectivity index (χ1n) is 10.2. The minimum absolute atomic E-state index is 0.00927. The third kappa shape index (κ3) is 10.5. The SMILES string of the molecule is CC(C)(C)[Si](C)(C)OCCOCCOC(CO)CCO[Si](C)(C)C(C)(C)C. The fourth-order valence-corrected chi connectivity index (χ4v) is 3.93. The molecular formula is C20H46O5Si2. The van der Waals surface area contributed by atoms with E-state index in [1.165, 1.54) is 0 Å². The molecule has 0 aliphatic rings. The highest BCUT2D eigenvalue weighted by Crippen LogP contribution is 2.37. The van der Waals surface area contributed by atoms with Gasteiger partial charge in [0.05, 0.1) is 39.1 Å². The van der Waals surface area contributed by atoms with E-state index < -0.39 is 16.6 Å². The third-order valence-corrected chi connectivity index (χ3v) is 15.1. The summed E-state index contributed by atoms with van der Waals surface area (Å²) >= 11 is 0. The highest BCUT2D eigenvalue weighted by Gasteiger charge is 2.37. The zero-order chi connectivity index (χ0) is 21.4. The number of hydrogen-bond donors (Lipinski definition) is 1. The maximum absolute atomic E-state index is 9.50. The predicted molar refractivity (Wildman–Crippen MR) is 119 cm³/mol. The van der Waals surface area contributed by atoms with Crippen molar-refractivity contribution in [2.75, 3.05) is 39.6 Å². The molecule has 164 valence electrons. The first-order chi connectivity index (χ1) is 12.1. The summed E-state index contributed by atoms with van der Waals surface area (Å²) in [5, 5.41) is 9.91. The van der Waals surface area contributed by atoms with Crippen LogP contribution in [-0.4, -0.2) is 67.5 Å². The van der Waals surface area contributed by atoms with Crippen LogP contribution < -0.4 is 0 Å². The predicted octanol–water partition coefficient (Wildman–Crippen LogP) is 4.81. The van der Waals surface area contributed by atoms with E-state index in [2.05, 4.69) is 67.7 Å². The van der Waals surface area contributed by atoms with Crippen LogP contribution in [0.4, 0.5) is 0 Å². The molecular weight excluding hydrogens is 376 g/mol. The molecule has 1 atom stereocenters. The Morgan fingerprint density at radius 1 is 0.704 bits per heavy atom. The molecule has 0 aromatic rings. The second-order valence-electron chi connectivity index (χ2n) is 10.3. The average molecular weight is 423 g/mol. The largest absolute Gasteiger partial charge is 0.417 e. The maximum Gasteiger partial charge on any atom is 0.192 e. The first-order valence-corrected chi connectivity index (χ1v) is 16.0. The van der Waals surface area contributed by atoms with Crippen molar-refractivity contribution < 1.29 is 23.4 Å². The van der Waals surface area contributed by atoms with Gasteiger partial charge in [0.2, 0.25) is 0 Å². The molecule has 0 bridgehead atoms. The summed E-state index contributed by atoms with van der Waals surface area (Å²) < 4.78 is 23.6. The van der Waals surface area contributed by atoms with Crippen LogP contribution in [0.15, 0.2) is 0 Å². The monoisotopic (exact) mass is 422 g/mol. The Balaban J connectivity index is 3.90. The van der Waals surface area contributed by atoms with Gasteiger partial charge in [-0.15, -0.1) is 0 Å². The minimum atomic E-state index is -1.74. The molecule has 0 aliphatic heterocycles. The fraction of sp³-hybridized carbons (Fsp3) is 1.00. The number of ether oxygens (including phenoxy) is 2. The normalized spacial score (nSPS) is 15.2. The topological polar surface area (TPSA) is 57.2 Å². The Kier molecular flexibility index (Phi) is 11.5. The lowest BCUT2D eigenvalue weighted by atomic mass is 10.2. The summed E-state index contributed by atoms with van der Waals surface area (Å²) in [6, 6.07) is 0. The molecule has 0 amide bonds. The second kappa shape index (κ2) is 11.4. The zero-order valence-corrected chi connectivity index (χ0v) is 21.6. The molecule has 1 unspecified atom stereocenters. The standard InChI is InChI=1S/C20H46O5Si2/c1-19(2,3)26(7,8)24-12-11-18(17-21)23-15-13-22-14-16-25-27(9,10)20(4,5)6/h18,21H,11-17H2,1-10H3. The Hall–Kier alpha value is 0.234. The van der Waals surface area contributed by atoms with Crippen LogP contribution in [0, 0.1) is 0 Å². The zero-order valence-electron chi connectivity index (χ0n) is 19.6. The number of aliphatic hydroxyl groups is 1. The van der Waals surface area contributed by atoms with Gasteiger partial charge in [-0.2, -0.15) is 0 Å². The van der Waals surface area contributed by atoms with E-state index in [4.69, 9.17) is 18.3 Å². The van der Waals surface area contributed by atoms with E-state index in [0.29, 0.717) is 39.5 Å². The van der Waals surface area contributed by atoms with Crippen molar-refractivity contribution >= 4 is 16.6 Å². The fourth-order valence-electron chi connectivity index (χ4n) is 1.84. The molecule has 27 heavy (non-hydrogen) atoms. The Bertz CT molecular complexity index is 400. The molecule has 0 saturated carbocycles. The van der Waals surface area contributed by atoms with Gasteiger partial charge in [0.15, 0.2) is 16.6 Å². The van der Waals surface area contributed by atoms with Crippen molar-refractivity contribution in [3.63, 3.8) is 0 Å². The van der Waals surface area contributed by atoms with Crippen molar-refractivity contribution in [1.82, 2.24) is 0 Å². The lowest BCUT2D eigenvalue weighted by molar-refractivity contribution is -0.0307. The van der Waals surface area contributed by atoms with Crippen LogP contribution in [0.1, 0.15) is 48.0 Å². The van der Waals surface area contributed by atoms with Gasteiger partial charge in [-0.3, -0.25) is 0 Å². The molecule has 0 aromatic heterocycles. The van der Waals surface area contributed by atoms with Crippen molar-refractivity contribution in [2.24, 2.45) is 0 Å². The molecule has 0 rings (SSSR count). The van der Waals surface area contributed by atoms with Gasteiger partial charge in [0.1, 0.15) is 0 Å². The molecule has 0 aliphatic carbocycles. The van der Waals surface area contributed by atoms with Crippen LogP contribution in [0.5, 0.6) is 0 Å². The van der Waals surface area contributed by atoms with E-state index in [-0.39, 0.29) is 22.8 Å². The third-order valence-electron chi connectivity index (χ3n) is 5.99. The van der Waals surface area contributed by atoms with Gasteiger partial charge in [-0.05, 0) is 42.7 Å². The van der Waals surface area contributed by atoms with Gasteiger partial charge in [0.25, 0.3) is 0 Å². The number of rotatable bonds is 13. The Morgan fingerprint density at radius 2 is 1.15 bits per heavy atom. The summed E-state index contributed by atoms with van der Waals surface area (Å²) in [5.41, 5.74) is 0. The summed E-state index contributed by atoms with van der Waals surface area (Å²) in [6.07, 6.45) is 0.513. The summed E-state index contributed by atoms with van der Waals surface area (Å²) in [4.78, 5) is 0. The van der Waals surface area contributed by atoms with Crippen molar-refractivity contribution in [3.05, 3.63) is 0 Å². The summed E-state index contributed by atoms with van der Waals surface area (Å²) in [6.45, 7) is 25.2. The van der Waals surface area contributed by atoms with E-state index in [9.17, 15) is 5.11 Å². The first kappa shape index (κ1) is 27.2. The summed E-state index contributed by atoms with van der Waals surface area (Å²) in [5.74, 6) is 0. The van der Waals surface area contributed by atoms with Gasteiger partial charge >= 0.3 is 0 Å². The lowest BCUT2D eigenvalue weighted by Crippen LogP contribution is -2.41. The van der Waals surface area contributed by atoms with Crippen molar-refractivity contribution in [3.8, 4) is 0 Å². The van der Waals surface area contributed by atoms with Crippen LogP contribution in [0.2, 0.25) is 36.3 Å². The molecule has 0 heterocycles. The van der Waals surface area contributed by atoms with Crippen LogP contribution in [-0.2, 0) is 18.3 Å². The Morgan fingerprint density at radius 3 is 1.59 bits per heavy atom. The van der Waals surface area contributed by atoms with Crippen LogP contribution >= 0.6 is 0 Å². The van der Waals surface area contributed by atoms with E-state index in [1.54, 1.807) is 0 Å².